The van der Waals surface area contributed by atoms with Crippen LogP contribution in [0.5, 0.6) is 0 Å². The Morgan fingerprint density at radius 1 is 1.30 bits per heavy atom. The lowest BCUT2D eigenvalue weighted by Gasteiger charge is -2.31. The van der Waals surface area contributed by atoms with Crippen LogP contribution in [0.2, 0.25) is 10.0 Å². The molecule has 1 atom stereocenters. The minimum Gasteiger partial charge on any atom is -0.386 e. The number of halogens is 3. The molecule has 0 radical (unpaired) electrons. The summed E-state index contributed by atoms with van der Waals surface area (Å²) in [5, 5.41) is 7.52. The number of carbonyl (C=O) groups is 1. The summed E-state index contributed by atoms with van der Waals surface area (Å²) in [6.45, 7) is 3.93. The molecule has 7 nitrogen and oxygen atoms in total. The maximum Gasteiger partial charge on any atom is 0.275 e. The number of hydrogen-bond donors (Lipinski definition) is 2. The Bertz CT molecular complexity index is 1210. The third kappa shape index (κ3) is 3.53. The minimum atomic E-state index is -1.11. The molecule has 10 heteroatoms. The second-order valence-electron chi connectivity index (χ2n) is 7.14. The number of nitrogens with one attached hydrogen (secondary N) is 1. The van der Waals surface area contributed by atoms with Gasteiger partial charge in [-0.25, -0.2) is 9.37 Å². The average Bonchev–Trinajstić information content (AvgIpc) is 3.04. The van der Waals surface area contributed by atoms with Crippen LogP contribution in [0.15, 0.2) is 41.5 Å². The minimum absolute atomic E-state index is 0.00628. The number of aryl methyl sites for hydroxylation is 1. The quantitative estimate of drug-likeness (QED) is 0.636. The lowest BCUT2D eigenvalue weighted by molar-refractivity contribution is 0.102. The van der Waals surface area contributed by atoms with Gasteiger partial charge in [-0.15, -0.1) is 0 Å². The molecule has 0 spiro atoms. The van der Waals surface area contributed by atoms with Gasteiger partial charge in [-0.3, -0.25) is 14.5 Å². The molecular formula is C20H17Cl2FN6O. The van der Waals surface area contributed by atoms with Crippen LogP contribution in [0, 0.1) is 12.7 Å². The van der Waals surface area contributed by atoms with E-state index in [2.05, 4.69) is 20.4 Å². The monoisotopic (exact) mass is 446 g/mol. The van der Waals surface area contributed by atoms with E-state index in [1.54, 1.807) is 11.6 Å². The first-order valence-electron chi connectivity index (χ1n) is 8.99. The number of benzene rings is 1. The number of aromatic nitrogens is 3. The van der Waals surface area contributed by atoms with E-state index in [-0.39, 0.29) is 16.3 Å². The van der Waals surface area contributed by atoms with Crippen LogP contribution >= 0.6 is 23.2 Å². The molecule has 0 saturated carbocycles. The van der Waals surface area contributed by atoms with E-state index in [9.17, 15) is 9.18 Å². The van der Waals surface area contributed by atoms with E-state index in [1.807, 2.05) is 13.0 Å². The zero-order valence-electron chi connectivity index (χ0n) is 16.1. The first-order chi connectivity index (χ1) is 14.2. The van der Waals surface area contributed by atoms with E-state index < -0.39 is 17.3 Å². The van der Waals surface area contributed by atoms with Crippen molar-refractivity contribution in [3.05, 3.63) is 75.0 Å². The zero-order valence-corrected chi connectivity index (χ0v) is 17.6. The van der Waals surface area contributed by atoms with Crippen LogP contribution in [0.3, 0.4) is 0 Å². The van der Waals surface area contributed by atoms with Gasteiger partial charge in [0.05, 0.1) is 28.0 Å². The van der Waals surface area contributed by atoms with Crippen molar-refractivity contribution in [2.45, 2.75) is 25.9 Å². The number of nitrogens with two attached hydrogens (primary N) is 1. The van der Waals surface area contributed by atoms with Crippen LogP contribution < -0.4 is 11.1 Å². The number of pyridine rings is 1. The molecule has 0 bridgehead atoms. The molecule has 30 heavy (non-hydrogen) atoms. The highest BCUT2D eigenvalue weighted by Gasteiger charge is 2.38. The van der Waals surface area contributed by atoms with Crippen LogP contribution in [0.1, 0.15) is 34.4 Å². The van der Waals surface area contributed by atoms with E-state index in [0.29, 0.717) is 28.8 Å². The second-order valence-corrected chi connectivity index (χ2v) is 7.98. The summed E-state index contributed by atoms with van der Waals surface area (Å²) in [7, 11) is 0. The highest BCUT2D eigenvalue weighted by atomic mass is 35.5. The van der Waals surface area contributed by atoms with Crippen LogP contribution in [0.4, 0.5) is 10.1 Å². The average molecular weight is 447 g/mol. The second kappa shape index (κ2) is 7.37. The highest BCUT2D eigenvalue weighted by Crippen LogP contribution is 2.38. The van der Waals surface area contributed by atoms with Gasteiger partial charge < -0.3 is 11.1 Å². The fraction of sp³-hybridized carbons (Fsp3) is 0.200. The molecule has 4 rings (SSSR count). The third-order valence-electron chi connectivity index (χ3n) is 4.85. The van der Waals surface area contributed by atoms with Crippen molar-refractivity contribution in [3.63, 3.8) is 0 Å². The van der Waals surface area contributed by atoms with Gasteiger partial charge in [0, 0.05) is 17.4 Å². The van der Waals surface area contributed by atoms with Gasteiger partial charge in [0.2, 0.25) is 0 Å². The van der Waals surface area contributed by atoms with Crippen molar-refractivity contribution >= 4 is 40.6 Å². The van der Waals surface area contributed by atoms with Gasteiger partial charge in [-0.1, -0.05) is 23.2 Å². The predicted molar refractivity (Wildman–Crippen MR) is 114 cm³/mol. The summed E-state index contributed by atoms with van der Waals surface area (Å²) in [5.74, 6) is -0.701. The summed E-state index contributed by atoms with van der Waals surface area (Å²) < 4.78 is 16.6. The van der Waals surface area contributed by atoms with Gasteiger partial charge in [-0.05, 0) is 44.2 Å². The molecule has 3 aromatic rings. The van der Waals surface area contributed by atoms with Crippen molar-refractivity contribution in [2.24, 2.45) is 10.7 Å². The first-order valence-corrected chi connectivity index (χ1v) is 9.74. The standard InChI is InChI=1S/C20H17Cl2FN6O/c1-10-5-16-20(2,27-17(24)9-29(16)28-10)13-7-12(3-4-15(13)23)26-19(30)18-14(22)6-11(21)8-25-18/h3-8H,9H2,1-2H3,(H2,24,27)(H,26,30). The molecule has 0 saturated heterocycles. The van der Waals surface area contributed by atoms with Crippen molar-refractivity contribution in [3.8, 4) is 0 Å². The molecule has 0 aliphatic carbocycles. The molecule has 1 aliphatic heterocycles. The smallest absolute Gasteiger partial charge is 0.275 e. The number of carbonyl (C=O) groups excluding carboxylic acids is 1. The summed E-state index contributed by atoms with van der Waals surface area (Å²) in [5.41, 5.74) is 6.99. The maximum absolute atomic E-state index is 14.9. The van der Waals surface area contributed by atoms with E-state index >= 15 is 0 Å². The Labute approximate surface area is 181 Å². The van der Waals surface area contributed by atoms with Crippen molar-refractivity contribution in [1.29, 1.82) is 0 Å². The normalized spacial score (nSPS) is 18.0. The van der Waals surface area contributed by atoms with Crippen LogP contribution in [0.25, 0.3) is 0 Å². The number of hydrogen-bond acceptors (Lipinski definition) is 5. The fourth-order valence-corrected chi connectivity index (χ4v) is 4.00. The topological polar surface area (TPSA) is 98.2 Å². The van der Waals surface area contributed by atoms with Crippen molar-refractivity contribution < 1.29 is 9.18 Å². The summed E-state index contributed by atoms with van der Waals surface area (Å²) >= 11 is 11.9. The SMILES string of the molecule is Cc1cc2n(n1)CC(N)=NC2(C)c1cc(NC(=O)c2ncc(Cl)cc2Cl)ccc1F. The number of anilines is 1. The predicted octanol–water partition coefficient (Wildman–Crippen LogP) is 3.92. The lowest BCUT2D eigenvalue weighted by atomic mass is 9.87. The number of aliphatic imine (C=N–C) groups is 1. The number of fused-ring (bicyclic) bond motifs is 1. The Morgan fingerprint density at radius 2 is 2.07 bits per heavy atom. The summed E-state index contributed by atoms with van der Waals surface area (Å²) in [6, 6.07) is 7.50. The number of nitrogens with zero attached hydrogens (tertiary/aromatic N) is 4. The molecule has 0 fully saturated rings. The molecule has 3 N–H and O–H groups in total. The van der Waals surface area contributed by atoms with Gasteiger partial charge in [0.1, 0.15) is 22.9 Å². The molecule has 1 amide bonds. The third-order valence-corrected chi connectivity index (χ3v) is 5.35. The molecule has 1 unspecified atom stereocenters. The van der Waals surface area contributed by atoms with E-state index in [0.717, 1.165) is 5.69 Å². The molecule has 2 aromatic heterocycles. The lowest BCUT2D eigenvalue weighted by Crippen LogP contribution is -2.37. The Balaban J connectivity index is 1.73. The largest absolute Gasteiger partial charge is 0.386 e. The van der Waals surface area contributed by atoms with E-state index in [4.69, 9.17) is 28.9 Å². The molecule has 154 valence electrons. The van der Waals surface area contributed by atoms with Crippen molar-refractivity contribution in [2.75, 3.05) is 5.32 Å². The Kier molecular flexibility index (Phi) is 4.99. The summed E-state index contributed by atoms with van der Waals surface area (Å²) in [4.78, 5) is 21.1. The molecule has 1 aliphatic rings. The maximum atomic E-state index is 14.9. The van der Waals surface area contributed by atoms with Gasteiger partial charge in [0.25, 0.3) is 5.91 Å². The Hall–Kier alpha value is -2.97. The Morgan fingerprint density at radius 3 is 2.80 bits per heavy atom. The molecule has 3 heterocycles. The molecular weight excluding hydrogens is 430 g/mol. The van der Waals surface area contributed by atoms with Crippen LogP contribution in [-0.2, 0) is 12.1 Å². The van der Waals surface area contributed by atoms with Crippen LogP contribution in [-0.4, -0.2) is 26.5 Å². The summed E-state index contributed by atoms with van der Waals surface area (Å²) in [6.07, 6.45) is 1.32. The highest BCUT2D eigenvalue weighted by molar-refractivity contribution is 6.36. The van der Waals surface area contributed by atoms with Crippen molar-refractivity contribution in [1.82, 2.24) is 14.8 Å². The number of rotatable bonds is 3. The first kappa shape index (κ1) is 20.3. The number of amides is 1. The number of amidine groups is 1. The fourth-order valence-electron chi connectivity index (χ4n) is 3.54. The van der Waals surface area contributed by atoms with Gasteiger partial charge in [0.15, 0.2) is 0 Å². The molecule has 1 aromatic carbocycles. The zero-order chi connectivity index (χ0) is 21.6. The van der Waals surface area contributed by atoms with Gasteiger partial charge in [-0.2, -0.15) is 5.10 Å². The van der Waals surface area contributed by atoms with Gasteiger partial charge >= 0.3 is 0 Å². The van der Waals surface area contributed by atoms with E-state index in [1.165, 1.54) is 30.5 Å².